The highest BCUT2D eigenvalue weighted by Crippen LogP contribution is 2.30. The molecule has 2 N–H and O–H groups in total. The van der Waals surface area contributed by atoms with Crippen molar-refractivity contribution in [1.82, 2.24) is 10.3 Å². The molecule has 0 aliphatic carbocycles. The molecule has 1 unspecified atom stereocenters. The highest BCUT2D eigenvalue weighted by molar-refractivity contribution is 7.17. The van der Waals surface area contributed by atoms with Crippen molar-refractivity contribution in [3.8, 4) is 10.6 Å². The topological polar surface area (TPSA) is 75.4 Å². The number of aliphatic hydroxyl groups is 1. The summed E-state index contributed by atoms with van der Waals surface area (Å²) in [5.74, 6) is 0.189. The number of aromatic nitrogens is 1. The molecule has 6 heteroatoms. The molecular weight excluding hydrogens is 336 g/mol. The second-order valence-electron chi connectivity index (χ2n) is 5.99. The van der Waals surface area contributed by atoms with E-state index in [1.165, 1.54) is 23.2 Å². The van der Waals surface area contributed by atoms with Gasteiger partial charge >= 0.3 is 0 Å². The molecule has 2 heterocycles. The lowest BCUT2D eigenvalue weighted by molar-refractivity contribution is 0.0904. The number of thiazole rings is 1. The Balaban J connectivity index is 1.74. The Bertz CT molecular complexity index is 884. The first-order valence-corrected chi connectivity index (χ1v) is 8.82. The van der Waals surface area contributed by atoms with Crippen LogP contribution in [-0.2, 0) is 0 Å². The number of hydrogen-bond donors (Lipinski definition) is 2. The summed E-state index contributed by atoms with van der Waals surface area (Å²) in [6, 6.07) is 9.55. The average molecular weight is 356 g/mol. The van der Waals surface area contributed by atoms with Crippen LogP contribution in [0.4, 0.5) is 0 Å². The van der Waals surface area contributed by atoms with Crippen LogP contribution in [0.3, 0.4) is 0 Å². The lowest BCUT2D eigenvalue weighted by Crippen LogP contribution is -2.28. The normalized spacial score (nSPS) is 12.2. The van der Waals surface area contributed by atoms with Gasteiger partial charge in [0, 0.05) is 5.56 Å². The van der Waals surface area contributed by atoms with Crippen LogP contribution in [0.25, 0.3) is 10.6 Å². The molecular formula is C19H20N2O3S. The van der Waals surface area contributed by atoms with Crippen LogP contribution in [-0.4, -0.2) is 22.5 Å². The second kappa shape index (κ2) is 7.21. The molecule has 0 aliphatic heterocycles. The number of furan rings is 1. The number of amides is 1. The van der Waals surface area contributed by atoms with E-state index in [0.29, 0.717) is 16.3 Å². The van der Waals surface area contributed by atoms with Crippen LogP contribution < -0.4 is 5.32 Å². The van der Waals surface area contributed by atoms with Gasteiger partial charge in [-0.25, -0.2) is 4.98 Å². The van der Waals surface area contributed by atoms with Gasteiger partial charge in [-0.15, -0.1) is 11.3 Å². The smallest absolute Gasteiger partial charge is 0.263 e. The van der Waals surface area contributed by atoms with Crippen molar-refractivity contribution in [2.75, 3.05) is 6.54 Å². The molecule has 0 bridgehead atoms. The third kappa shape index (κ3) is 3.81. The average Bonchev–Trinajstić information content (AvgIpc) is 3.22. The summed E-state index contributed by atoms with van der Waals surface area (Å²) in [5.41, 5.74) is 4.05. The molecule has 3 aromatic rings. The summed E-state index contributed by atoms with van der Waals surface area (Å²) in [5, 5.41) is 13.6. The Kier molecular flexibility index (Phi) is 5.01. The zero-order chi connectivity index (χ0) is 18.0. The number of nitrogens with zero attached hydrogens (tertiary/aromatic N) is 1. The molecule has 0 saturated carbocycles. The van der Waals surface area contributed by atoms with E-state index < -0.39 is 6.10 Å². The highest BCUT2D eigenvalue weighted by atomic mass is 32.1. The van der Waals surface area contributed by atoms with Gasteiger partial charge in [0.1, 0.15) is 21.7 Å². The highest BCUT2D eigenvalue weighted by Gasteiger charge is 2.19. The molecule has 1 amide bonds. The predicted molar refractivity (Wildman–Crippen MR) is 97.8 cm³/mol. The molecule has 25 heavy (non-hydrogen) atoms. The lowest BCUT2D eigenvalue weighted by Gasteiger charge is -2.08. The monoisotopic (exact) mass is 356 g/mol. The summed E-state index contributed by atoms with van der Waals surface area (Å²) in [6.07, 6.45) is 0.621. The van der Waals surface area contributed by atoms with Crippen molar-refractivity contribution < 1.29 is 14.3 Å². The Morgan fingerprint density at radius 2 is 2.12 bits per heavy atom. The first-order valence-electron chi connectivity index (χ1n) is 8.00. The Morgan fingerprint density at radius 1 is 1.32 bits per heavy atom. The predicted octanol–water partition coefficient (Wildman–Crippen LogP) is 3.79. The SMILES string of the molecule is Cc1ccc(-c2nc(C)c(C(=O)NCC(O)c3ccco3)s2)c(C)c1. The van der Waals surface area contributed by atoms with E-state index >= 15 is 0 Å². The molecule has 0 radical (unpaired) electrons. The number of rotatable bonds is 5. The van der Waals surface area contributed by atoms with Crippen molar-refractivity contribution in [2.45, 2.75) is 26.9 Å². The van der Waals surface area contributed by atoms with Crippen LogP contribution in [0.15, 0.2) is 41.0 Å². The van der Waals surface area contributed by atoms with Gasteiger partial charge in [0.15, 0.2) is 0 Å². The Hall–Kier alpha value is -2.44. The Labute approximate surface area is 150 Å². The number of aryl methyl sites for hydroxylation is 3. The molecule has 1 aromatic carbocycles. The number of aliphatic hydroxyl groups excluding tert-OH is 1. The van der Waals surface area contributed by atoms with E-state index in [2.05, 4.69) is 16.4 Å². The second-order valence-corrected chi connectivity index (χ2v) is 6.99. The molecule has 0 fully saturated rings. The van der Waals surface area contributed by atoms with Crippen molar-refractivity contribution >= 4 is 17.2 Å². The number of nitrogens with one attached hydrogen (secondary N) is 1. The first-order chi connectivity index (χ1) is 12.0. The van der Waals surface area contributed by atoms with E-state index in [9.17, 15) is 9.90 Å². The maximum Gasteiger partial charge on any atom is 0.263 e. The minimum absolute atomic E-state index is 0.0859. The third-order valence-electron chi connectivity index (χ3n) is 3.94. The van der Waals surface area contributed by atoms with E-state index in [1.54, 1.807) is 12.1 Å². The quantitative estimate of drug-likeness (QED) is 0.729. The molecule has 2 aromatic heterocycles. The van der Waals surface area contributed by atoms with Crippen molar-refractivity contribution in [3.63, 3.8) is 0 Å². The van der Waals surface area contributed by atoms with Gasteiger partial charge in [0.2, 0.25) is 0 Å². The zero-order valence-electron chi connectivity index (χ0n) is 14.4. The lowest BCUT2D eigenvalue weighted by atomic mass is 10.1. The van der Waals surface area contributed by atoms with E-state index in [0.717, 1.165) is 16.1 Å². The summed E-state index contributed by atoms with van der Waals surface area (Å²) in [4.78, 5) is 17.5. The fourth-order valence-electron chi connectivity index (χ4n) is 2.63. The van der Waals surface area contributed by atoms with Crippen LogP contribution in [0.1, 0.15) is 38.4 Å². The minimum Gasteiger partial charge on any atom is -0.467 e. The van der Waals surface area contributed by atoms with Crippen molar-refractivity contribution in [3.05, 3.63) is 64.1 Å². The van der Waals surface area contributed by atoms with E-state index in [-0.39, 0.29) is 12.5 Å². The summed E-state index contributed by atoms with van der Waals surface area (Å²) in [6.45, 7) is 6.00. The first kappa shape index (κ1) is 17.4. The number of hydrogen-bond acceptors (Lipinski definition) is 5. The van der Waals surface area contributed by atoms with Crippen molar-refractivity contribution in [1.29, 1.82) is 0 Å². The largest absolute Gasteiger partial charge is 0.467 e. The molecule has 130 valence electrons. The number of carbonyl (C=O) groups excluding carboxylic acids is 1. The summed E-state index contributed by atoms with van der Waals surface area (Å²) < 4.78 is 5.13. The number of carbonyl (C=O) groups is 1. The molecule has 0 spiro atoms. The third-order valence-corrected chi connectivity index (χ3v) is 5.13. The molecule has 0 saturated heterocycles. The zero-order valence-corrected chi connectivity index (χ0v) is 15.2. The van der Waals surface area contributed by atoms with Gasteiger partial charge in [0.25, 0.3) is 5.91 Å². The van der Waals surface area contributed by atoms with Gasteiger partial charge < -0.3 is 14.8 Å². The summed E-state index contributed by atoms with van der Waals surface area (Å²) >= 11 is 1.36. The standard InChI is InChI=1S/C19H20N2O3S/c1-11-6-7-14(12(2)9-11)19-21-13(3)17(25-19)18(23)20-10-15(22)16-5-4-8-24-16/h4-9,15,22H,10H2,1-3H3,(H,20,23). The maximum atomic E-state index is 12.4. The maximum absolute atomic E-state index is 12.4. The number of benzene rings is 1. The minimum atomic E-state index is -0.869. The van der Waals surface area contributed by atoms with Crippen molar-refractivity contribution in [2.24, 2.45) is 0 Å². The molecule has 3 rings (SSSR count). The van der Waals surface area contributed by atoms with E-state index in [1.807, 2.05) is 32.9 Å². The van der Waals surface area contributed by atoms with Crippen LogP contribution in [0.5, 0.6) is 0 Å². The van der Waals surface area contributed by atoms with Crippen LogP contribution in [0, 0.1) is 20.8 Å². The van der Waals surface area contributed by atoms with Gasteiger partial charge in [-0.05, 0) is 38.5 Å². The summed E-state index contributed by atoms with van der Waals surface area (Å²) in [7, 11) is 0. The van der Waals surface area contributed by atoms with Gasteiger partial charge in [0.05, 0.1) is 18.5 Å². The molecule has 0 aliphatic rings. The fourth-order valence-corrected chi connectivity index (χ4v) is 3.70. The van der Waals surface area contributed by atoms with Crippen LogP contribution >= 0.6 is 11.3 Å². The molecule has 5 nitrogen and oxygen atoms in total. The van der Waals surface area contributed by atoms with Gasteiger partial charge in [-0.1, -0.05) is 23.8 Å². The van der Waals surface area contributed by atoms with Gasteiger partial charge in [-0.2, -0.15) is 0 Å². The van der Waals surface area contributed by atoms with Crippen LogP contribution in [0.2, 0.25) is 0 Å². The van der Waals surface area contributed by atoms with E-state index in [4.69, 9.17) is 4.42 Å². The molecule has 1 atom stereocenters. The Morgan fingerprint density at radius 3 is 2.80 bits per heavy atom. The fraction of sp³-hybridized carbons (Fsp3) is 0.263. The van der Waals surface area contributed by atoms with Gasteiger partial charge in [-0.3, -0.25) is 4.79 Å².